The fraction of sp³-hybridized carbons (Fsp3) is 0.235. The summed E-state index contributed by atoms with van der Waals surface area (Å²) < 4.78 is 26.5. The van der Waals surface area contributed by atoms with E-state index in [2.05, 4.69) is 10.3 Å². The Kier molecular flexibility index (Phi) is 6.42. The summed E-state index contributed by atoms with van der Waals surface area (Å²) in [5, 5.41) is 11.6. The molecule has 0 spiro atoms. The van der Waals surface area contributed by atoms with E-state index < -0.39 is 15.9 Å². The van der Waals surface area contributed by atoms with Gasteiger partial charge in [0.05, 0.1) is 22.8 Å². The average molecular weight is 377 g/mol. The lowest BCUT2D eigenvalue weighted by molar-refractivity contribution is 0.0951. The quantitative estimate of drug-likeness (QED) is 0.656. The highest BCUT2D eigenvalue weighted by Gasteiger charge is 2.19. The van der Waals surface area contributed by atoms with Crippen LogP contribution in [0.1, 0.15) is 39.8 Å². The first-order chi connectivity index (χ1) is 12.4. The van der Waals surface area contributed by atoms with Gasteiger partial charge in [0.2, 0.25) is 0 Å². The Hall–Kier alpha value is -2.78. The minimum Gasteiger partial charge on any atom is -0.390 e. The van der Waals surface area contributed by atoms with Gasteiger partial charge in [0.1, 0.15) is 0 Å². The molecular formula is C17H19N3O5S. The van der Waals surface area contributed by atoms with E-state index in [1.165, 1.54) is 42.6 Å². The Bertz CT molecular complexity index is 878. The van der Waals surface area contributed by atoms with E-state index in [1.54, 1.807) is 0 Å². The molecule has 138 valence electrons. The fourth-order valence-electron chi connectivity index (χ4n) is 2.02. The number of carbonyl (C=O) groups is 2. The van der Waals surface area contributed by atoms with Crippen molar-refractivity contribution in [3.63, 3.8) is 0 Å². The first-order valence-electron chi connectivity index (χ1n) is 7.88. The van der Waals surface area contributed by atoms with Crippen LogP contribution in [0.4, 0.5) is 0 Å². The summed E-state index contributed by atoms with van der Waals surface area (Å²) in [6.07, 6.45) is 1.97. The monoisotopic (exact) mass is 377 g/mol. The molecule has 1 aromatic carbocycles. The third kappa shape index (κ3) is 4.87. The van der Waals surface area contributed by atoms with Crippen LogP contribution in [0, 0.1) is 0 Å². The molecule has 0 atom stereocenters. The molecule has 1 aromatic heterocycles. The van der Waals surface area contributed by atoms with E-state index in [4.69, 9.17) is 5.11 Å². The van der Waals surface area contributed by atoms with Crippen LogP contribution < -0.4 is 10.0 Å². The molecule has 0 aliphatic heterocycles. The highest BCUT2D eigenvalue weighted by atomic mass is 32.2. The maximum atomic E-state index is 12.3. The van der Waals surface area contributed by atoms with Crippen molar-refractivity contribution >= 4 is 21.8 Å². The summed E-state index contributed by atoms with van der Waals surface area (Å²) in [6, 6.07) is 8.05. The number of hydrogen-bond acceptors (Lipinski definition) is 6. The van der Waals surface area contributed by atoms with Crippen LogP contribution >= 0.6 is 0 Å². The number of pyridine rings is 1. The normalized spacial score (nSPS) is 11.0. The van der Waals surface area contributed by atoms with Gasteiger partial charge < -0.3 is 10.4 Å². The highest BCUT2D eigenvalue weighted by molar-refractivity contribution is 7.90. The van der Waals surface area contributed by atoms with Crippen LogP contribution in [0.3, 0.4) is 0 Å². The van der Waals surface area contributed by atoms with Crippen LogP contribution in [0.25, 0.3) is 0 Å². The lowest BCUT2D eigenvalue weighted by Gasteiger charge is -2.08. The number of rotatable bonds is 7. The number of nitrogens with zero attached hydrogens (tertiary/aromatic N) is 1. The smallest absolute Gasteiger partial charge is 0.266 e. The molecule has 0 saturated heterocycles. The molecule has 1 heterocycles. The van der Waals surface area contributed by atoms with Gasteiger partial charge in [-0.3, -0.25) is 14.6 Å². The van der Waals surface area contributed by atoms with E-state index in [-0.39, 0.29) is 23.0 Å². The zero-order valence-corrected chi connectivity index (χ0v) is 14.9. The number of amides is 2. The second-order valence-electron chi connectivity index (χ2n) is 5.41. The molecule has 8 nitrogen and oxygen atoms in total. The first-order valence-corrected chi connectivity index (χ1v) is 9.37. The zero-order chi connectivity index (χ0) is 19.2. The van der Waals surface area contributed by atoms with Crippen molar-refractivity contribution in [2.24, 2.45) is 0 Å². The van der Waals surface area contributed by atoms with Crippen LogP contribution in [-0.4, -0.2) is 36.9 Å². The van der Waals surface area contributed by atoms with Crippen LogP contribution in [0.5, 0.6) is 0 Å². The van der Waals surface area contributed by atoms with Gasteiger partial charge in [0.15, 0.2) is 0 Å². The van der Waals surface area contributed by atoms with Crippen molar-refractivity contribution in [3.05, 3.63) is 59.4 Å². The maximum Gasteiger partial charge on any atom is 0.266 e. The van der Waals surface area contributed by atoms with Crippen molar-refractivity contribution in [2.45, 2.75) is 24.8 Å². The number of benzene rings is 1. The number of hydrogen-bond donors (Lipinski definition) is 3. The minimum absolute atomic E-state index is 0.0429. The predicted molar refractivity (Wildman–Crippen MR) is 93.9 cm³/mol. The molecule has 2 aromatic rings. The number of carbonyl (C=O) groups excluding carboxylic acids is 2. The third-order valence-corrected chi connectivity index (χ3v) is 4.79. The van der Waals surface area contributed by atoms with Gasteiger partial charge in [0, 0.05) is 18.3 Å². The molecule has 0 fully saturated rings. The fourth-order valence-corrected chi connectivity index (χ4v) is 2.99. The summed E-state index contributed by atoms with van der Waals surface area (Å²) in [4.78, 5) is 27.6. The van der Waals surface area contributed by atoms with Crippen molar-refractivity contribution in [1.82, 2.24) is 15.0 Å². The van der Waals surface area contributed by atoms with Gasteiger partial charge in [-0.15, -0.1) is 0 Å². The van der Waals surface area contributed by atoms with Crippen molar-refractivity contribution in [3.8, 4) is 0 Å². The number of nitrogens with one attached hydrogen (secondary N) is 2. The van der Waals surface area contributed by atoms with E-state index >= 15 is 0 Å². The van der Waals surface area contributed by atoms with Gasteiger partial charge in [0.25, 0.3) is 21.8 Å². The maximum absolute atomic E-state index is 12.3. The van der Waals surface area contributed by atoms with E-state index in [0.29, 0.717) is 17.8 Å². The third-order valence-electron chi connectivity index (χ3n) is 3.44. The first kappa shape index (κ1) is 19.5. The summed E-state index contributed by atoms with van der Waals surface area (Å²) in [6.45, 7) is 2.17. The van der Waals surface area contributed by atoms with E-state index in [0.717, 1.165) is 6.42 Å². The number of sulfonamides is 1. The predicted octanol–water partition coefficient (Wildman–Crippen LogP) is 0.832. The Morgan fingerprint density at radius 3 is 2.23 bits per heavy atom. The molecule has 0 radical (unpaired) electrons. The Morgan fingerprint density at radius 2 is 1.69 bits per heavy atom. The SMILES string of the molecule is CCCNC(=O)c1ccc(S(=O)(=O)NC(=O)c2ccc(CO)nc2)cc1. The Morgan fingerprint density at radius 1 is 1.04 bits per heavy atom. The summed E-state index contributed by atoms with van der Waals surface area (Å²) in [7, 11) is -4.09. The van der Waals surface area contributed by atoms with Gasteiger partial charge >= 0.3 is 0 Å². The van der Waals surface area contributed by atoms with Gasteiger partial charge in [-0.2, -0.15) is 0 Å². The molecule has 0 aliphatic rings. The van der Waals surface area contributed by atoms with Gasteiger partial charge in [-0.25, -0.2) is 13.1 Å². The van der Waals surface area contributed by atoms with Crippen LogP contribution in [-0.2, 0) is 16.6 Å². The summed E-state index contributed by atoms with van der Waals surface area (Å²) >= 11 is 0. The summed E-state index contributed by atoms with van der Waals surface area (Å²) in [5.41, 5.74) is 0.732. The molecule has 0 aliphatic carbocycles. The topological polar surface area (TPSA) is 125 Å². The van der Waals surface area contributed by atoms with Crippen LogP contribution in [0.15, 0.2) is 47.5 Å². The number of aromatic nitrogens is 1. The number of aliphatic hydroxyl groups excluding tert-OH is 1. The Balaban J connectivity index is 2.11. The molecule has 0 unspecified atom stereocenters. The molecule has 0 bridgehead atoms. The Labute approximate surface area is 151 Å². The molecule has 2 amide bonds. The lowest BCUT2D eigenvalue weighted by atomic mass is 10.2. The van der Waals surface area contributed by atoms with Gasteiger partial charge in [-0.05, 0) is 42.8 Å². The highest BCUT2D eigenvalue weighted by Crippen LogP contribution is 2.12. The standard InChI is InChI=1S/C17H19N3O5S/c1-2-9-18-16(22)12-4-7-15(8-5-12)26(24,25)20-17(23)13-3-6-14(11-21)19-10-13/h3-8,10,21H,2,9,11H2,1H3,(H,18,22)(H,20,23). The minimum atomic E-state index is -4.09. The largest absolute Gasteiger partial charge is 0.390 e. The van der Waals surface area contributed by atoms with E-state index in [9.17, 15) is 18.0 Å². The zero-order valence-electron chi connectivity index (χ0n) is 14.1. The molecule has 3 N–H and O–H groups in total. The molecule has 0 saturated carbocycles. The molecule has 2 rings (SSSR count). The number of aliphatic hydroxyl groups is 1. The van der Waals surface area contributed by atoms with Crippen molar-refractivity contribution < 1.29 is 23.1 Å². The molecular weight excluding hydrogens is 358 g/mol. The summed E-state index contributed by atoms with van der Waals surface area (Å²) in [5.74, 6) is -1.14. The van der Waals surface area contributed by atoms with Crippen molar-refractivity contribution in [1.29, 1.82) is 0 Å². The van der Waals surface area contributed by atoms with Crippen LogP contribution in [0.2, 0.25) is 0 Å². The second kappa shape index (κ2) is 8.54. The van der Waals surface area contributed by atoms with E-state index in [1.807, 2.05) is 11.6 Å². The molecule has 9 heteroatoms. The average Bonchev–Trinajstić information content (AvgIpc) is 2.66. The lowest BCUT2D eigenvalue weighted by Crippen LogP contribution is -2.30. The van der Waals surface area contributed by atoms with Crippen molar-refractivity contribution in [2.75, 3.05) is 6.54 Å². The second-order valence-corrected chi connectivity index (χ2v) is 7.09. The van der Waals surface area contributed by atoms with Gasteiger partial charge in [-0.1, -0.05) is 6.92 Å². The molecule has 26 heavy (non-hydrogen) atoms.